The van der Waals surface area contributed by atoms with E-state index < -0.39 is 0 Å². The normalized spacial score (nSPS) is 10.7. The van der Waals surface area contributed by atoms with Crippen molar-refractivity contribution in [3.05, 3.63) is 49.6 Å². The molecule has 0 unspecified atom stereocenters. The van der Waals surface area contributed by atoms with Crippen molar-refractivity contribution < 1.29 is 0 Å². The highest BCUT2D eigenvalue weighted by molar-refractivity contribution is 9.10. The Morgan fingerprint density at radius 2 is 2.11 bits per heavy atom. The third-order valence-corrected chi connectivity index (χ3v) is 4.96. The van der Waals surface area contributed by atoms with E-state index in [2.05, 4.69) is 39.3 Å². The minimum absolute atomic E-state index is 0.445. The van der Waals surface area contributed by atoms with Crippen molar-refractivity contribution in [1.82, 2.24) is 0 Å². The van der Waals surface area contributed by atoms with Gasteiger partial charge in [-0.15, -0.1) is 22.9 Å². The summed E-state index contributed by atoms with van der Waals surface area (Å²) in [5.74, 6) is 0.445. The van der Waals surface area contributed by atoms with Gasteiger partial charge in [-0.2, -0.15) is 0 Å². The predicted molar refractivity (Wildman–Crippen MR) is 85.1 cm³/mol. The van der Waals surface area contributed by atoms with Crippen LogP contribution in [0.5, 0.6) is 0 Å². The highest BCUT2D eigenvalue weighted by Gasteiger charge is 2.07. The molecule has 0 aliphatic rings. The smallest absolute Gasteiger partial charge is 0.0519 e. The van der Waals surface area contributed by atoms with Crippen LogP contribution in [0.2, 0.25) is 5.02 Å². The summed E-state index contributed by atoms with van der Waals surface area (Å²) in [6, 6.07) is 8.12. The van der Waals surface area contributed by atoms with Gasteiger partial charge in [0.05, 0.1) is 6.54 Å². The summed E-state index contributed by atoms with van der Waals surface area (Å²) < 4.78 is 1.13. The Kier molecular flexibility index (Phi) is 4.96. The second kappa shape index (κ2) is 6.29. The number of alkyl halides is 1. The summed E-state index contributed by atoms with van der Waals surface area (Å²) in [4.78, 5) is 3.48. The summed E-state index contributed by atoms with van der Waals surface area (Å²) in [5.41, 5.74) is 2.06. The Morgan fingerprint density at radius 1 is 1.33 bits per heavy atom. The highest BCUT2D eigenvalue weighted by atomic mass is 79.9. The van der Waals surface area contributed by atoms with Crippen molar-refractivity contribution in [2.75, 3.05) is 11.9 Å². The Balaban J connectivity index is 2.13. The molecule has 0 spiro atoms. The number of hydrogen-bond acceptors (Lipinski definition) is 2. The third-order valence-electron chi connectivity index (χ3n) is 2.64. The maximum absolute atomic E-state index is 6.16. The van der Waals surface area contributed by atoms with Gasteiger partial charge in [0.15, 0.2) is 0 Å². The lowest BCUT2D eigenvalue weighted by atomic mass is 10.2. The largest absolute Gasteiger partial charge is 0.369 e. The van der Waals surface area contributed by atoms with E-state index in [0.29, 0.717) is 5.88 Å². The fourth-order valence-corrected chi connectivity index (χ4v) is 3.69. The summed E-state index contributed by atoms with van der Waals surface area (Å²) in [6.07, 6.45) is 0. The number of benzene rings is 1. The van der Waals surface area contributed by atoms with Crippen molar-refractivity contribution in [1.29, 1.82) is 0 Å². The first-order chi connectivity index (χ1) is 8.60. The number of thiophene rings is 1. The van der Waals surface area contributed by atoms with Crippen LogP contribution in [0, 0.1) is 0 Å². The molecule has 0 N–H and O–H groups in total. The molecular weight excluding hydrogens is 353 g/mol. The van der Waals surface area contributed by atoms with Gasteiger partial charge in [0.1, 0.15) is 0 Å². The van der Waals surface area contributed by atoms with Gasteiger partial charge in [-0.3, -0.25) is 0 Å². The molecule has 0 aliphatic carbocycles. The molecule has 0 bridgehead atoms. The fourth-order valence-electron chi connectivity index (χ4n) is 1.64. The molecule has 2 rings (SSSR count). The molecule has 0 atom stereocenters. The van der Waals surface area contributed by atoms with Crippen molar-refractivity contribution in [2.45, 2.75) is 12.4 Å². The molecule has 0 radical (unpaired) electrons. The quantitative estimate of drug-likeness (QED) is 0.644. The lowest BCUT2D eigenvalue weighted by Crippen LogP contribution is -2.15. The van der Waals surface area contributed by atoms with Crippen molar-refractivity contribution in [3.63, 3.8) is 0 Å². The van der Waals surface area contributed by atoms with Crippen LogP contribution < -0.4 is 4.90 Å². The first-order valence-electron chi connectivity index (χ1n) is 5.38. The maximum atomic E-state index is 6.16. The fraction of sp³-hybridized carbons (Fsp3) is 0.231. The molecule has 2 aromatic rings. The van der Waals surface area contributed by atoms with Crippen LogP contribution in [0.25, 0.3) is 0 Å². The van der Waals surface area contributed by atoms with Crippen molar-refractivity contribution in [3.8, 4) is 0 Å². The minimum atomic E-state index is 0.445. The Bertz CT molecular complexity index is 542. The highest BCUT2D eigenvalue weighted by Crippen LogP contribution is 2.27. The second-order valence-electron chi connectivity index (χ2n) is 4.00. The van der Waals surface area contributed by atoms with Crippen LogP contribution in [0.3, 0.4) is 0 Å². The predicted octanol–water partition coefficient (Wildman–Crippen LogP) is 5.54. The minimum Gasteiger partial charge on any atom is -0.369 e. The molecule has 0 aliphatic heterocycles. The van der Waals surface area contributed by atoms with Crippen LogP contribution in [0.4, 0.5) is 5.69 Å². The topological polar surface area (TPSA) is 3.24 Å². The van der Waals surface area contributed by atoms with Crippen molar-refractivity contribution in [2.24, 2.45) is 0 Å². The average molecular weight is 365 g/mol. The standard InChI is InChI=1S/C13H12BrCl2NS/c1-17(7-12-4-10(14)8-18-12)11-3-2-9(6-15)13(16)5-11/h2-5,8H,6-7H2,1H3. The zero-order chi connectivity index (χ0) is 13.1. The van der Waals surface area contributed by atoms with Gasteiger partial charge >= 0.3 is 0 Å². The molecular formula is C13H12BrCl2NS. The molecule has 1 nitrogen and oxygen atoms in total. The third kappa shape index (κ3) is 3.41. The molecule has 0 amide bonds. The number of nitrogens with zero attached hydrogens (tertiary/aromatic N) is 1. The molecule has 0 saturated carbocycles. The van der Waals surface area contributed by atoms with Crippen LogP contribution in [-0.2, 0) is 12.4 Å². The zero-order valence-corrected chi connectivity index (χ0v) is 13.7. The van der Waals surface area contributed by atoms with E-state index in [1.807, 2.05) is 18.2 Å². The van der Waals surface area contributed by atoms with Gasteiger partial charge in [0.2, 0.25) is 0 Å². The molecule has 18 heavy (non-hydrogen) atoms. The summed E-state index contributed by atoms with van der Waals surface area (Å²) in [6.45, 7) is 0.868. The zero-order valence-electron chi connectivity index (χ0n) is 9.79. The van der Waals surface area contributed by atoms with Crippen LogP contribution >= 0.6 is 50.5 Å². The molecule has 5 heteroatoms. The van der Waals surface area contributed by atoms with Crippen LogP contribution in [0.15, 0.2) is 34.1 Å². The van der Waals surface area contributed by atoms with Gasteiger partial charge < -0.3 is 4.90 Å². The van der Waals surface area contributed by atoms with E-state index in [4.69, 9.17) is 23.2 Å². The van der Waals surface area contributed by atoms with E-state index in [-0.39, 0.29) is 0 Å². The van der Waals surface area contributed by atoms with Gasteiger partial charge in [0, 0.05) is 38.4 Å². The summed E-state index contributed by atoms with van der Waals surface area (Å²) in [5, 5.41) is 2.81. The Morgan fingerprint density at radius 3 is 2.67 bits per heavy atom. The average Bonchev–Trinajstić information content (AvgIpc) is 2.74. The van der Waals surface area contributed by atoms with Crippen LogP contribution in [0.1, 0.15) is 10.4 Å². The van der Waals surface area contributed by atoms with Crippen LogP contribution in [-0.4, -0.2) is 7.05 Å². The summed E-state index contributed by atoms with van der Waals surface area (Å²) in [7, 11) is 2.06. The Hall–Kier alpha value is -0.220. The van der Waals surface area contributed by atoms with E-state index >= 15 is 0 Å². The number of rotatable bonds is 4. The lowest BCUT2D eigenvalue weighted by molar-refractivity contribution is 0.939. The van der Waals surface area contributed by atoms with E-state index in [1.165, 1.54) is 4.88 Å². The second-order valence-corrected chi connectivity index (χ2v) is 6.58. The summed E-state index contributed by atoms with van der Waals surface area (Å²) >= 11 is 17.2. The van der Waals surface area contributed by atoms with E-state index in [0.717, 1.165) is 27.3 Å². The molecule has 96 valence electrons. The lowest BCUT2D eigenvalue weighted by Gasteiger charge is -2.19. The molecule has 0 saturated heterocycles. The van der Waals surface area contributed by atoms with Gasteiger partial charge in [-0.05, 0) is 39.7 Å². The molecule has 1 heterocycles. The van der Waals surface area contributed by atoms with Gasteiger partial charge in [-0.25, -0.2) is 0 Å². The maximum Gasteiger partial charge on any atom is 0.0519 e. The monoisotopic (exact) mass is 363 g/mol. The molecule has 1 aromatic carbocycles. The Labute approximate surface area is 129 Å². The van der Waals surface area contributed by atoms with Gasteiger partial charge in [-0.1, -0.05) is 17.7 Å². The first kappa shape index (κ1) is 14.2. The molecule has 0 fully saturated rings. The van der Waals surface area contributed by atoms with E-state index in [9.17, 15) is 0 Å². The van der Waals surface area contributed by atoms with Crippen molar-refractivity contribution >= 4 is 56.2 Å². The van der Waals surface area contributed by atoms with E-state index in [1.54, 1.807) is 11.3 Å². The molecule has 1 aromatic heterocycles. The number of halogens is 3. The number of anilines is 1. The number of hydrogen-bond donors (Lipinski definition) is 0. The van der Waals surface area contributed by atoms with Gasteiger partial charge in [0.25, 0.3) is 0 Å². The SMILES string of the molecule is CN(Cc1cc(Br)cs1)c1ccc(CCl)c(Cl)c1. The first-order valence-corrected chi connectivity index (χ1v) is 7.97.